The average molecular weight is 763 g/mol. The van der Waals surface area contributed by atoms with Crippen LogP contribution in [0.2, 0.25) is 51.4 Å². The van der Waals surface area contributed by atoms with E-state index in [1.165, 1.54) is 4.90 Å². The number of alkyl halides is 3. The number of benzene rings is 1. The summed E-state index contributed by atoms with van der Waals surface area (Å²) in [6.07, 6.45) is -1.97. The third kappa shape index (κ3) is 8.54. The van der Waals surface area contributed by atoms with Gasteiger partial charge in [0.05, 0.1) is 30.3 Å². The highest BCUT2D eigenvalue weighted by molar-refractivity contribution is 6.76. The van der Waals surface area contributed by atoms with Crippen LogP contribution in [-0.4, -0.2) is 98.9 Å². The molecule has 15 heteroatoms. The quantitative estimate of drug-likeness (QED) is 0.125. The summed E-state index contributed by atoms with van der Waals surface area (Å²) in [5, 5.41) is 5.07. The van der Waals surface area contributed by atoms with E-state index < -0.39 is 33.9 Å². The summed E-state index contributed by atoms with van der Waals surface area (Å²) in [6.45, 7) is 21.4. The number of aromatic nitrogens is 4. The SMILES string of the molecule is C[C@@H](C(=O)N(C)c1cc(C(F)(F)F)c2nc(-c3nn(COCC[Si](C)(C)C)c4c3C[C@@H]3C[C@]3(C)C4)n(COCC[Si](C)(C)C)c2c1)N1CCOCC1. The number of likely N-dealkylation sites (N-methyl/N-ethyl adjacent to an activating group) is 1. The Morgan fingerprint density at radius 2 is 1.69 bits per heavy atom. The molecule has 6 rings (SSSR count). The van der Waals surface area contributed by atoms with Gasteiger partial charge in [-0.3, -0.25) is 14.3 Å². The Morgan fingerprint density at radius 1 is 1.06 bits per heavy atom. The molecule has 0 N–H and O–H groups in total. The van der Waals surface area contributed by atoms with Gasteiger partial charge >= 0.3 is 6.18 Å². The molecule has 52 heavy (non-hydrogen) atoms. The lowest BCUT2D eigenvalue weighted by molar-refractivity contribution is -0.136. The first-order valence-electron chi connectivity index (χ1n) is 18.7. The molecule has 3 aromatic rings. The fourth-order valence-electron chi connectivity index (χ4n) is 7.42. The minimum Gasteiger partial charge on any atom is -0.379 e. The molecule has 1 saturated carbocycles. The van der Waals surface area contributed by atoms with E-state index in [1.807, 2.05) is 9.58 Å². The van der Waals surface area contributed by atoms with Crippen molar-refractivity contribution in [1.29, 1.82) is 0 Å². The summed E-state index contributed by atoms with van der Waals surface area (Å²) < 4.78 is 66.5. The van der Waals surface area contributed by atoms with Gasteiger partial charge in [0, 0.05) is 66.4 Å². The van der Waals surface area contributed by atoms with E-state index in [0.29, 0.717) is 57.0 Å². The van der Waals surface area contributed by atoms with Crippen LogP contribution in [0.25, 0.3) is 22.6 Å². The Bertz CT molecular complexity index is 1780. The van der Waals surface area contributed by atoms with E-state index in [2.05, 4.69) is 46.2 Å². The van der Waals surface area contributed by atoms with Gasteiger partial charge in [0.2, 0.25) is 5.91 Å². The molecule has 2 aliphatic carbocycles. The van der Waals surface area contributed by atoms with Gasteiger partial charge in [-0.25, -0.2) is 9.67 Å². The van der Waals surface area contributed by atoms with Gasteiger partial charge in [-0.15, -0.1) is 0 Å². The van der Waals surface area contributed by atoms with E-state index in [1.54, 1.807) is 24.6 Å². The predicted molar refractivity (Wildman–Crippen MR) is 203 cm³/mol. The summed E-state index contributed by atoms with van der Waals surface area (Å²) in [6, 6.07) is 4.10. The Hall–Kier alpha value is -2.57. The number of anilines is 1. The molecule has 0 radical (unpaired) electrons. The number of fused-ring (bicyclic) bond motifs is 3. The maximum Gasteiger partial charge on any atom is 0.418 e. The molecular formula is C37H57F3N6O4Si2. The largest absolute Gasteiger partial charge is 0.418 e. The van der Waals surface area contributed by atoms with E-state index >= 15 is 0 Å². The van der Waals surface area contributed by atoms with E-state index in [-0.39, 0.29) is 41.5 Å². The zero-order valence-corrected chi connectivity index (χ0v) is 34.5. The van der Waals surface area contributed by atoms with Crippen LogP contribution in [0.4, 0.5) is 18.9 Å². The number of amides is 1. The zero-order valence-electron chi connectivity index (χ0n) is 32.5. The first-order valence-corrected chi connectivity index (χ1v) is 26.1. The highest BCUT2D eigenvalue weighted by atomic mass is 28.3. The van der Waals surface area contributed by atoms with Crippen molar-refractivity contribution >= 4 is 38.8 Å². The van der Waals surface area contributed by atoms with Gasteiger partial charge in [-0.1, -0.05) is 46.2 Å². The van der Waals surface area contributed by atoms with Crippen molar-refractivity contribution in [2.75, 3.05) is 51.5 Å². The lowest BCUT2D eigenvalue weighted by Gasteiger charge is -2.33. The van der Waals surface area contributed by atoms with Crippen LogP contribution < -0.4 is 4.90 Å². The molecule has 0 spiro atoms. The lowest BCUT2D eigenvalue weighted by Crippen LogP contribution is -2.50. The summed E-state index contributed by atoms with van der Waals surface area (Å²) in [5.74, 6) is 0.560. The molecule has 3 heterocycles. The molecule has 0 bridgehead atoms. The molecular weight excluding hydrogens is 706 g/mol. The van der Waals surface area contributed by atoms with Crippen molar-refractivity contribution in [2.45, 2.75) is 110 Å². The van der Waals surface area contributed by atoms with Crippen molar-refractivity contribution in [3.05, 3.63) is 29.0 Å². The molecule has 3 atom stereocenters. The zero-order chi connectivity index (χ0) is 37.8. The number of hydrogen-bond acceptors (Lipinski definition) is 7. The van der Waals surface area contributed by atoms with Crippen molar-refractivity contribution in [3.8, 4) is 11.5 Å². The topological polar surface area (TPSA) is 86.9 Å². The molecule has 0 unspecified atom stereocenters. The number of carbonyl (C=O) groups is 1. The fourth-order valence-corrected chi connectivity index (χ4v) is 8.94. The van der Waals surface area contributed by atoms with Crippen LogP contribution in [0.1, 0.15) is 37.1 Å². The Morgan fingerprint density at radius 3 is 2.31 bits per heavy atom. The molecule has 1 amide bonds. The summed E-state index contributed by atoms with van der Waals surface area (Å²) in [7, 11) is -1.20. The first kappa shape index (κ1) is 39.1. The normalized spacial score (nSPS) is 21.7. The van der Waals surface area contributed by atoms with Gasteiger partial charge < -0.3 is 19.1 Å². The van der Waals surface area contributed by atoms with Crippen LogP contribution in [0, 0.1) is 11.3 Å². The van der Waals surface area contributed by atoms with Crippen molar-refractivity contribution in [3.63, 3.8) is 0 Å². The Balaban J connectivity index is 1.45. The minimum atomic E-state index is -4.72. The number of imidazole rings is 1. The maximum absolute atomic E-state index is 15.0. The van der Waals surface area contributed by atoms with Crippen LogP contribution in [0.15, 0.2) is 12.1 Å². The number of halogens is 3. The van der Waals surface area contributed by atoms with Gasteiger partial charge in [0.15, 0.2) is 5.82 Å². The third-order valence-corrected chi connectivity index (χ3v) is 14.6. The van der Waals surface area contributed by atoms with E-state index in [4.69, 9.17) is 24.3 Å². The number of hydrogen-bond donors (Lipinski definition) is 0. The van der Waals surface area contributed by atoms with Crippen molar-refractivity contribution < 1.29 is 32.2 Å². The van der Waals surface area contributed by atoms with Crippen molar-refractivity contribution in [1.82, 2.24) is 24.2 Å². The summed E-state index contributed by atoms with van der Waals surface area (Å²) >= 11 is 0. The van der Waals surface area contributed by atoms with Gasteiger partial charge in [-0.05, 0) is 61.7 Å². The molecule has 1 saturated heterocycles. The molecule has 1 aliphatic heterocycles. The Kier molecular flexibility index (Phi) is 11.0. The molecule has 3 aliphatic rings. The molecule has 1 aromatic carbocycles. The lowest BCUT2D eigenvalue weighted by atomic mass is 9.87. The molecule has 288 valence electrons. The Labute approximate surface area is 308 Å². The molecule has 10 nitrogen and oxygen atoms in total. The average Bonchev–Trinajstić information content (AvgIpc) is 3.43. The molecule has 2 fully saturated rings. The smallest absolute Gasteiger partial charge is 0.379 e. The highest BCUT2D eigenvalue weighted by Crippen LogP contribution is 2.60. The summed E-state index contributed by atoms with van der Waals surface area (Å²) in [5.41, 5.74) is 2.24. The first-order chi connectivity index (χ1) is 24.3. The van der Waals surface area contributed by atoms with Crippen LogP contribution in [0.3, 0.4) is 0 Å². The standard InChI is InChI=1S/C37H57F3N6O4Si2/c1-25(44-10-12-48-13-11-44)35(47)43(3)27-19-29(37(38,39)40)33-30(20-27)45(23-49-14-16-51(4,5)6)34(41-33)32-28-18-26-21-36(26,2)22-31(28)46(42-32)24-50-15-17-52(7,8)9/h19-20,25-26H,10-18,21-24H2,1-9H3/t25-,26+,36+/m0/s1. The predicted octanol–water partition coefficient (Wildman–Crippen LogP) is 7.35. The third-order valence-electron chi connectivity index (χ3n) is 11.2. The van der Waals surface area contributed by atoms with Gasteiger partial charge in [0.25, 0.3) is 0 Å². The number of carbonyl (C=O) groups excluding carboxylic acids is 1. The second-order valence-electron chi connectivity index (χ2n) is 17.8. The highest BCUT2D eigenvalue weighted by Gasteiger charge is 2.54. The summed E-state index contributed by atoms with van der Waals surface area (Å²) in [4.78, 5) is 21.8. The monoisotopic (exact) mass is 762 g/mol. The second-order valence-corrected chi connectivity index (χ2v) is 29.1. The fraction of sp³-hybridized carbons (Fsp3) is 0.703. The number of rotatable bonds is 14. The number of morpholine rings is 1. The van der Waals surface area contributed by atoms with Crippen molar-refractivity contribution in [2.24, 2.45) is 11.3 Å². The van der Waals surface area contributed by atoms with Crippen LogP contribution in [0.5, 0.6) is 0 Å². The maximum atomic E-state index is 15.0. The van der Waals surface area contributed by atoms with E-state index in [0.717, 1.165) is 48.7 Å². The van der Waals surface area contributed by atoms with Gasteiger partial charge in [0.1, 0.15) is 24.7 Å². The molecule has 2 aromatic heterocycles. The van der Waals surface area contributed by atoms with Gasteiger partial charge in [-0.2, -0.15) is 18.3 Å². The minimum absolute atomic E-state index is 0.00833. The van der Waals surface area contributed by atoms with Crippen LogP contribution >= 0.6 is 0 Å². The van der Waals surface area contributed by atoms with E-state index in [9.17, 15) is 18.0 Å². The number of nitrogens with zero attached hydrogens (tertiary/aromatic N) is 6. The second kappa shape index (κ2) is 14.6. The van der Waals surface area contributed by atoms with Crippen LogP contribution in [-0.2, 0) is 51.5 Å². The number of ether oxygens (including phenoxy) is 3.